The average Bonchev–Trinajstić information content (AvgIpc) is 3.03. The summed E-state index contributed by atoms with van der Waals surface area (Å²) in [5.74, 6) is 0.912. The van der Waals surface area contributed by atoms with E-state index in [1.807, 2.05) is 18.2 Å². The largest absolute Gasteiger partial charge is 0.462 e. The van der Waals surface area contributed by atoms with E-state index in [4.69, 9.17) is 27.9 Å². The Morgan fingerprint density at radius 1 is 1.19 bits per heavy atom. The van der Waals surface area contributed by atoms with Crippen LogP contribution >= 0.6 is 23.2 Å². The number of esters is 1. The minimum absolute atomic E-state index is 0.000743. The molecule has 5 rings (SSSR count). The molecule has 0 aromatic heterocycles. The van der Waals surface area contributed by atoms with Crippen LogP contribution in [0.4, 0.5) is 5.69 Å². The van der Waals surface area contributed by atoms with Crippen LogP contribution in [0.2, 0.25) is 10.0 Å². The molecule has 0 amide bonds. The fourth-order valence-electron chi connectivity index (χ4n) is 6.61. The van der Waals surface area contributed by atoms with Crippen LogP contribution in [0.5, 0.6) is 0 Å². The highest BCUT2D eigenvalue weighted by Gasteiger charge is 2.55. The third-order valence-electron chi connectivity index (χ3n) is 8.42. The maximum Gasteiger partial charge on any atom is 0.310 e. The number of rotatable bonds is 3. The van der Waals surface area contributed by atoms with E-state index in [0.717, 1.165) is 57.7 Å². The number of ether oxygens (including phenoxy) is 1. The Balaban J connectivity index is 1.22. The summed E-state index contributed by atoms with van der Waals surface area (Å²) in [4.78, 5) is 17.6. The van der Waals surface area contributed by atoms with Gasteiger partial charge < -0.3 is 9.64 Å². The number of benzene rings is 1. The zero-order valence-corrected chi connectivity index (χ0v) is 19.8. The zero-order valence-electron chi connectivity index (χ0n) is 18.3. The van der Waals surface area contributed by atoms with Crippen LogP contribution in [0.25, 0.3) is 0 Å². The third-order valence-corrected chi connectivity index (χ3v) is 9.15. The standard InChI is InChI=1S/C25H32Cl2N2O2/c1-16-4-3-7-25(2)14-23-18(13-20(16)25)19(24(30)31-23)15-28-8-10-29(11-9-28)17-5-6-21(26)22(27)12-17/h5-6,12,18-20,23H,1,3-4,7-11,13-15H2,2H3. The Hall–Kier alpha value is -1.23. The van der Waals surface area contributed by atoms with E-state index in [1.54, 1.807) is 0 Å². The van der Waals surface area contributed by atoms with E-state index in [0.29, 0.717) is 21.9 Å². The van der Waals surface area contributed by atoms with Crippen LogP contribution in [0, 0.1) is 23.2 Å². The Kier molecular flexibility index (Phi) is 5.77. The molecule has 0 radical (unpaired) electrons. The van der Waals surface area contributed by atoms with Crippen molar-refractivity contribution in [1.29, 1.82) is 0 Å². The topological polar surface area (TPSA) is 32.8 Å². The van der Waals surface area contributed by atoms with Gasteiger partial charge in [-0.3, -0.25) is 9.69 Å². The van der Waals surface area contributed by atoms with Crippen molar-refractivity contribution in [3.63, 3.8) is 0 Å². The van der Waals surface area contributed by atoms with Gasteiger partial charge in [-0.1, -0.05) is 42.3 Å². The van der Waals surface area contributed by atoms with Gasteiger partial charge in [0, 0.05) is 44.3 Å². The first-order chi connectivity index (χ1) is 14.8. The molecule has 4 fully saturated rings. The summed E-state index contributed by atoms with van der Waals surface area (Å²) in [5.41, 5.74) is 2.77. The minimum Gasteiger partial charge on any atom is -0.462 e. The quantitative estimate of drug-likeness (QED) is 0.442. The minimum atomic E-state index is 0.000743. The maximum atomic E-state index is 12.9. The van der Waals surface area contributed by atoms with Crippen molar-refractivity contribution in [3.8, 4) is 0 Å². The Morgan fingerprint density at radius 3 is 2.71 bits per heavy atom. The summed E-state index contributed by atoms with van der Waals surface area (Å²) in [5, 5.41) is 1.18. The van der Waals surface area contributed by atoms with Crippen LogP contribution in [0.1, 0.15) is 39.0 Å². The highest BCUT2D eigenvalue weighted by atomic mass is 35.5. The Bertz CT molecular complexity index is 882. The summed E-state index contributed by atoms with van der Waals surface area (Å²) < 4.78 is 5.95. The molecular formula is C25H32Cl2N2O2. The normalized spacial score (nSPS) is 36.2. The molecule has 1 aromatic rings. The highest BCUT2D eigenvalue weighted by molar-refractivity contribution is 6.42. The van der Waals surface area contributed by atoms with Gasteiger partial charge in [0.25, 0.3) is 0 Å². The van der Waals surface area contributed by atoms with Gasteiger partial charge in [0.1, 0.15) is 6.10 Å². The number of hydrogen-bond donors (Lipinski definition) is 0. The summed E-state index contributed by atoms with van der Waals surface area (Å²) in [6.07, 6.45) is 5.78. The zero-order chi connectivity index (χ0) is 21.8. The lowest BCUT2D eigenvalue weighted by Crippen LogP contribution is -2.50. The van der Waals surface area contributed by atoms with Crippen molar-refractivity contribution in [2.75, 3.05) is 37.6 Å². The van der Waals surface area contributed by atoms with Gasteiger partial charge in [-0.2, -0.15) is 0 Å². The van der Waals surface area contributed by atoms with Crippen molar-refractivity contribution in [2.45, 2.75) is 45.1 Å². The molecule has 5 atom stereocenters. The molecule has 0 N–H and O–H groups in total. The average molecular weight is 463 g/mol. The number of allylic oxidation sites excluding steroid dienone is 1. The Morgan fingerprint density at radius 2 is 1.97 bits per heavy atom. The number of fused-ring (bicyclic) bond motifs is 2. The fourth-order valence-corrected chi connectivity index (χ4v) is 6.91. The molecule has 4 nitrogen and oxygen atoms in total. The molecule has 168 valence electrons. The molecular weight excluding hydrogens is 431 g/mol. The third kappa shape index (κ3) is 4.00. The smallest absolute Gasteiger partial charge is 0.310 e. The number of anilines is 1. The lowest BCUT2D eigenvalue weighted by molar-refractivity contribution is -0.146. The van der Waals surface area contributed by atoms with Crippen molar-refractivity contribution in [1.82, 2.24) is 4.90 Å². The van der Waals surface area contributed by atoms with Gasteiger partial charge in [0.05, 0.1) is 16.0 Å². The molecule has 0 spiro atoms. The number of carbonyl (C=O) groups excluding carboxylic acids is 1. The second-order valence-corrected chi connectivity index (χ2v) is 11.1. The second-order valence-electron chi connectivity index (χ2n) is 10.3. The van der Waals surface area contributed by atoms with Crippen LogP contribution in [-0.2, 0) is 9.53 Å². The molecule has 1 aromatic carbocycles. The van der Waals surface area contributed by atoms with E-state index < -0.39 is 0 Å². The van der Waals surface area contributed by atoms with Gasteiger partial charge in [-0.15, -0.1) is 0 Å². The monoisotopic (exact) mass is 462 g/mol. The van der Waals surface area contributed by atoms with Crippen LogP contribution in [0.3, 0.4) is 0 Å². The predicted molar refractivity (Wildman–Crippen MR) is 126 cm³/mol. The number of halogens is 2. The van der Waals surface area contributed by atoms with Gasteiger partial charge in [-0.05, 0) is 61.6 Å². The van der Waals surface area contributed by atoms with Crippen molar-refractivity contribution >= 4 is 34.9 Å². The molecule has 2 aliphatic heterocycles. The SMILES string of the molecule is C=C1CCCC2(C)CC3OC(=O)C(CN4CCN(c5ccc(Cl)c(Cl)c5)CC4)C3CC12. The van der Waals surface area contributed by atoms with E-state index >= 15 is 0 Å². The maximum absolute atomic E-state index is 12.9. The molecule has 2 aliphatic carbocycles. The van der Waals surface area contributed by atoms with Crippen LogP contribution < -0.4 is 4.90 Å². The molecule has 5 unspecified atom stereocenters. The van der Waals surface area contributed by atoms with Gasteiger partial charge in [-0.25, -0.2) is 0 Å². The number of carbonyl (C=O) groups is 1. The molecule has 2 saturated heterocycles. The molecule has 2 saturated carbocycles. The first-order valence-corrected chi connectivity index (χ1v) is 12.4. The molecule has 4 aliphatic rings. The van der Waals surface area contributed by atoms with E-state index in [1.165, 1.54) is 18.4 Å². The molecule has 6 heteroatoms. The van der Waals surface area contributed by atoms with E-state index in [-0.39, 0.29) is 23.4 Å². The number of hydrogen-bond acceptors (Lipinski definition) is 4. The number of nitrogens with zero attached hydrogens (tertiary/aromatic N) is 2. The van der Waals surface area contributed by atoms with Crippen molar-refractivity contribution < 1.29 is 9.53 Å². The Labute approximate surface area is 195 Å². The second kappa shape index (κ2) is 8.28. The molecule has 2 heterocycles. The summed E-state index contributed by atoms with van der Waals surface area (Å²) >= 11 is 12.3. The van der Waals surface area contributed by atoms with E-state index in [9.17, 15) is 4.79 Å². The van der Waals surface area contributed by atoms with Gasteiger partial charge in [0.2, 0.25) is 0 Å². The number of piperazine rings is 1. The fraction of sp³-hybridized carbons (Fsp3) is 0.640. The van der Waals surface area contributed by atoms with Crippen molar-refractivity contribution in [3.05, 3.63) is 40.4 Å². The summed E-state index contributed by atoms with van der Waals surface area (Å²) in [6.45, 7) is 11.3. The molecule has 0 bridgehead atoms. The lowest BCUT2D eigenvalue weighted by atomic mass is 9.55. The molecule has 31 heavy (non-hydrogen) atoms. The van der Waals surface area contributed by atoms with Gasteiger partial charge in [0.15, 0.2) is 0 Å². The first-order valence-electron chi connectivity index (χ1n) is 11.6. The summed E-state index contributed by atoms with van der Waals surface area (Å²) in [7, 11) is 0. The van der Waals surface area contributed by atoms with Crippen LogP contribution in [0.15, 0.2) is 30.4 Å². The van der Waals surface area contributed by atoms with Crippen LogP contribution in [-0.4, -0.2) is 49.7 Å². The highest BCUT2D eigenvalue weighted by Crippen LogP contribution is 2.56. The lowest BCUT2D eigenvalue weighted by Gasteiger charge is -2.50. The van der Waals surface area contributed by atoms with E-state index in [2.05, 4.69) is 23.3 Å². The summed E-state index contributed by atoms with van der Waals surface area (Å²) in [6, 6.07) is 5.82. The predicted octanol–water partition coefficient (Wildman–Crippen LogP) is 5.43. The first kappa shape index (κ1) is 21.6. The van der Waals surface area contributed by atoms with Gasteiger partial charge >= 0.3 is 5.97 Å². The van der Waals surface area contributed by atoms with Crippen molar-refractivity contribution in [2.24, 2.45) is 23.2 Å².